The zero-order valence-corrected chi connectivity index (χ0v) is 8.40. The Balaban J connectivity index is 0.000000845. The van der Waals surface area contributed by atoms with Crippen LogP contribution in [0.25, 0.3) is 0 Å². The summed E-state index contributed by atoms with van der Waals surface area (Å²) in [4.78, 5) is 2.30. The van der Waals surface area contributed by atoms with Crippen molar-refractivity contribution in [2.24, 2.45) is 0 Å². The lowest BCUT2D eigenvalue weighted by Crippen LogP contribution is -2.14. The molecule has 0 fully saturated rings. The SMILES string of the molecule is CCN1Cc2ccc(F)cc2C1.Cl. The van der Waals surface area contributed by atoms with Crippen LogP contribution in [-0.4, -0.2) is 11.4 Å². The summed E-state index contributed by atoms with van der Waals surface area (Å²) in [7, 11) is 0. The molecular formula is C10H13ClFN. The zero-order valence-electron chi connectivity index (χ0n) is 7.59. The smallest absolute Gasteiger partial charge is 0.123 e. The summed E-state index contributed by atoms with van der Waals surface area (Å²) in [5.74, 6) is -0.119. The van der Waals surface area contributed by atoms with Gasteiger partial charge in [-0.2, -0.15) is 0 Å². The first-order valence-corrected chi connectivity index (χ1v) is 4.29. The fourth-order valence-corrected chi connectivity index (χ4v) is 1.66. The van der Waals surface area contributed by atoms with Crippen molar-refractivity contribution in [3.05, 3.63) is 35.1 Å². The van der Waals surface area contributed by atoms with Crippen molar-refractivity contribution in [1.29, 1.82) is 0 Å². The van der Waals surface area contributed by atoms with Gasteiger partial charge in [0, 0.05) is 13.1 Å². The zero-order chi connectivity index (χ0) is 8.55. The maximum atomic E-state index is 12.8. The van der Waals surface area contributed by atoms with E-state index < -0.39 is 0 Å². The maximum absolute atomic E-state index is 12.8. The lowest BCUT2D eigenvalue weighted by molar-refractivity contribution is 0.301. The van der Waals surface area contributed by atoms with Crippen molar-refractivity contribution < 1.29 is 4.39 Å². The second kappa shape index (κ2) is 4.07. The first-order chi connectivity index (χ1) is 5.79. The number of rotatable bonds is 1. The van der Waals surface area contributed by atoms with Gasteiger partial charge < -0.3 is 0 Å². The van der Waals surface area contributed by atoms with Crippen LogP contribution in [0.4, 0.5) is 4.39 Å². The van der Waals surface area contributed by atoms with Gasteiger partial charge in [0.1, 0.15) is 5.82 Å². The van der Waals surface area contributed by atoms with Crippen LogP contribution in [0.2, 0.25) is 0 Å². The van der Waals surface area contributed by atoms with Gasteiger partial charge in [0.25, 0.3) is 0 Å². The second-order valence-electron chi connectivity index (χ2n) is 3.22. The predicted molar refractivity (Wildman–Crippen MR) is 53.4 cm³/mol. The van der Waals surface area contributed by atoms with Gasteiger partial charge in [-0.25, -0.2) is 4.39 Å². The molecule has 13 heavy (non-hydrogen) atoms. The Morgan fingerprint density at radius 1 is 1.31 bits per heavy atom. The molecule has 1 nitrogen and oxygen atoms in total. The number of benzene rings is 1. The van der Waals surface area contributed by atoms with Crippen LogP contribution in [-0.2, 0) is 13.1 Å². The van der Waals surface area contributed by atoms with Crippen LogP contribution >= 0.6 is 12.4 Å². The molecule has 0 aromatic heterocycles. The maximum Gasteiger partial charge on any atom is 0.123 e. The molecule has 1 aromatic rings. The fraction of sp³-hybridized carbons (Fsp3) is 0.400. The highest BCUT2D eigenvalue weighted by Crippen LogP contribution is 2.22. The summed E-state index contributed by atoms with van der Waals surface area (Å²) in [6.07, 6.45) is 0. The van der Waals surface area contributed by atoms with Gasteiger partial charge in [0.15, 0.2) is 0 Å². The summed E-state index contributed by atoms with van der Waals surface area (Å²) >= 11 is 0. The van der Waals surface area contributed by atoms with Crippen LogP contribution < -0.4 is 0 Å². The predicted octanol–water partition coefficient (Wildman–Crippen LogP) is 2.58. The fourth-order valence-electron chi connectivity index (χ4n) is 1.66. The summed E-state index contributed by atoms with van der Waals surface area (Å²) in [5.41, 5.74) is 2.43. The lowest BCUT2D eigenvalue weighted by atomic mass is 10.1. The second-order valence-corrected chi connectivity index (χ2v) is 3.22. The molecule has 1 aromatic carbocycles. The first kappa shape index (κ1) is 10.5. The largest absolute Gasteiger partial charge is 0.295 e. The van der Waals surface area contributed by atoms with E-state index in [1.54, 1.807) is 6.07 Å². The highest BCUT2D eigenvalue weighted by atomic mass is 35.5. The third-order valence-electron chi connectivity index (χ3n) is 2.40. The Kier molecular flexibility index (Phi) is 3.28. The van der Waals surface area contributed by atoms with E-state index in [1.807, 2.05) is 6.07 Å². The molecule has 2 rings (SSSR count). The third kappa shape index (κ3) is 2.01. The average Bonchev–Trinajstić information content (AvgIpc) is 2.46. The van der Waals surface area contributed by atoms with Gasteiger partial charge in [-0.15, -0.1) is 12.4 Å². The molecule has 1 aliphatic rings. The standard InChI is InChI=1S/C10H12FN.ClH/c1-2-12-6-8-3-4-10(11)5-9(8)7-12;/h3-5H,2,6-7H2,1H3;1H. The van der Waals surface area contributed by atoms with Crippen LogP contribution in [0.3, 0.4) is 0 Å². The van der Waals surface area contributed by atoms with E-state index in [1.165, 1.54) is 11.6 Å². The van der Waals surface area contributed by atoms with Crippen molar-refractivity contribution in [1.82, 2.24) is 4.90 Å². The molecule has 0 saturated heterocycles. The van der Waals surface area contributed by atoms with Gasteiger partial charge in [-0.1, -0.05) is 13.0 Å². The van der Waals surface area contributed by atoms with Crippen LogP contribution in [0.15, 0.2) is 18.2 Å². The number of nitrogens with zero attached hydrogens (tertiary/aromatic N) is 1. The number of hydrogen-bond acceptors (Lipinski definition) is 1. The number of hydrogen-bond donors (Lipinski definition) is 0. The Labute approximate surface area is 84.0 Å². The van der Waals surface area contributed by atoms with Gasteiger partial charge in [0.2, 0.25) is 0 Å². The van der Waals surface area contributed by atoms with Crippen LogP contribution in [0.5, 0.6) is 0 Å². The summed E-state index contributed by atoms with van der Waals surface area (Å²) in [6, 6.07) is 5.07. The Morgan fingerprint density at radius 2 is 2.00 bits per heavy atom. The normalized spacial score (nSPS) is 15.2. The Bertz CT molecular complexity index is 301. The van der Waals surface area contributed by atoms with E-state index >= 15 is 0 Å². The van der Waals surface area contributed by atoms with E-state index in [0.29, 0.717) is 0 Å². The minimum Gasteiger partial charge on any atom is -0.295 e. The van der Waals surface area contributed by atoms with Gasteiger partial charge in [-0.3, -0.25) is 4.90 Å². The first-order valence-electron chi connectivity index (χ1n) is 4.29. The molecule has 0 amide bonds. The molecule has 3 heteroatoms. The van der Waals surface area contributed by atoms with Crippen LogP contribution in [0.1, 0.15) is 18.1 Å². The molecule has 0 spiro atoms. The molecule has 0 aliphatic carbocycles. The molecule has 1 heterocycles. The van der Waals surface area contributed by atoms with Crippen molar-refractivity contribution >= 4 is 12.4 Å². The highest BCUT2D eigenvalue weighted by molar-refractivity contribution is 5.85. The van der Waals surface area contributed by atoms with Gasteiger partial charge in [-0.05, 0) is 29.8 Å². The average molecular weight is 202 g/mol. The quantitative estimate of drug-likeness (QED) is 0.675. The molecule has 0 bridgehead atoms. The van der Waals surface area contributed by atoms with Crippen molar-refractivity contribution in [2.45, 2.75) is 20.0 Å². The minimum atomic E-state index is -0.119. The molecule has 0 radical (unpaired) electrons. The molecule has 72 valence electrons. The van der Waals surface area contributed by atoms with Gasteiger partial charge in [0.05, 0.1) is 0 Å². The summed E-state index contributed by atoms with van der Waals surface area (Å²) in [6.45, 7) is 5.05. The molecule has 1 aliphatic heterocycles. The van der Waals surface area contributed by atoms with E-state index in [9.17, 15) is 4.39 Å². The number of halogens is 2. The van der Waals surface area contributed by atoms with Crippen molar-refractivity contribution in [3.8, 4) is 0 Å². The number of fused-ring (bicyclic) bond motifs is 1. The summed E-state index contributed by atoms with van der Waals surface area (Å²) in [5, 5.41) is 0. The van der Waals surface area contributed by atoms with Crippen molar-refractivity contribution in [3.63, 3.8) is 0 Å². The lowest BCUT2D eigenvalue weighted by Gasteiger charge is -2.09. The Morgan fingerprint density at radius 3 is 2.69 bits per heavy atom. The van der Waals surface area contributed by atoms with Gasteiger partial charge >= 0.3 is 0 Å². The van der Waals surface area contributed by atoms with E-state index in [0.717, 1.165) is 25.2 Å². The molecular weight excluding hydrogens is 189 g/mol. The van der Waals surface area contributed by atoms with E-state index in [4.69, 9.17) is 0 Å². The molecule has 0 saturated carbocycles. The van der Waals surface area contributed by atoms with E-state index in [2.05, 4.69) is 11.8 Å². The molecule has 0 N–H and O–H groups in total. The third-order valence-corrected chi connectivity index (χ3v) is 2.40. The van der Waals surface area contributed by atoms with Crippen molar-refractivity contribution in [2.75, 3.05) is 6.54 Å². The minimum absolute atomic E-state index is 0. The highest BCUT2D eigenvalue weighted by Gasteiger charge is 2.16. The summed E-state index contributed by atoms with van der Waals surface area (Å²) < 4.78 is 12.8. The topological polar surface area (TPSA) is 3.24 Å². The van der Waals surface area contributed by atoms with Crippen LogP contribution in [0, 0.1) is 5.82 Å². The Hall–Kier alpha value is -0.600. The monoisotopic (exact) mass is 201 g/mol. The van der Waals surface area contributed by atoms with E-state index in [-0.39, 0.29) is 18.2 Å². The molecule has 0 unspecified atom stereocenters. The molecule has 0 atom stereocenters.